The lowest BCUT2D eigenvalue weighted by atomic mass is 10.1. The van der Waals surface area contributed by atoms with E-state index >= 15 is 0 Å². The fourth-order valence-electron chi connectivity index (χ4n) is 3.27. The first-order valence-corrected chi connectivity index (χ1v) is 9.56. The van der Waals surface area contributed by atoms with Crippen LogP contribution in [0.4, 0.5) is 0 Å². The van der Waals surface area contributed by atoms with Crippen molar-refractivity contribution in [2.24, 2.45) is 4.99 Å². The molecule has 1 aromatic carbocycles. The van der Waals surface area contributed by atoms with Gasteiger partial charge in [0, 0.05) is 32.7 Å². The number of likely N-dealkylation sites (N-methyl/N-ethyl adjacent to an activating group) is 1. The number of aliphatic imine (C=N–C) groups is 1. The summed E-state index contributed by atoms with van der Waals surface area (Å²) in [5.41, 5.74) is 1.37. The summed E-state index contributed by atoms with van der Waals surface area (Å²) in [6, 6.07) is 11.1. The number of hydrogen-bond acceptors (Lipinski definition) is 3. The molecule has 5 heteroatoms. The summed E-state index contributed by atoms with van der Waals surface area (Å²) in [4.78, 5) is 9.19. The molecule has 0 spiro atoms. The van der Waals surface area contributed by atoms with Crippen molar-refractivity contribution >= 4 is 5.96 Å². The maximum Gasteiger partial charge on any atom is 0.191 e. The molecule has 1 saturated heterocycles. The summed E-state index contributed by atoms with van der Waals surface area (Å²) >= 11 is 0. The van der Waals surface area contributed by atoms with E-state index in [1.807, 2.05) is 7.05 Å². The van der Waals surface area contributed by atoms with Crippen molar-refractivity contribution in [1.29, 1.82) is 0 Å². The van der Waals surface area contributed by atoms with E-state index < -0.39 is 0 Å². The molecule has 2 rings (SSSR count). The summed E-state index contributed by atoms with van der Waals surface area (Å²) in [5, 5.41) is 6.94. The molecule has 2 N–H and O–H groups in total. The number of nitrogens with one attached hydrogen (secondary N) is 2. The summed E-state index contributed by atoms with van der Waals surface area (Å²) in [6.45, 7) is 5.42. The lowest BCUT2D eigenvalue weighted by Crippen LogP contribution is -2.47. The van der Waals surface area contributed by atoms with Gasteiger partial charge in [-0.15, -0.1) is 0 Å². The quantitative estimate of drug-likeness (QED) is 0.557. The number of nitrogens with zero attached hydrogens (tertiary/aromatic N) is 3. The second kappa shape index (κ2) is 11.1. The predicted molar refractivity (Wildman–Crippen MR) is 107 cm³/mol. The molecule has 0 bridgehead atoms. The Morgan fingerprint density at radius 2 is 1.84 bits per heavy atom. The van der Waals surface area contributed by atoms with E-state index in [1.54, 1.807) is 0 Å². The van der Waals surface area contributed by atoms with Gasteiger partial charge in [0.15, 0.2) is 5.96 Å². The van der Waals surface area contributed by atoms with Crippen LogP contribution in [0.3, 0.4) is 0 Å². The van der Waals surface area contributed by atoms with Crippen molar-refractivity contribution in [1.82, 2.24) is 20.4 Å². The zero-order chi connectivity index (χ0) is 17.9. The van der Waals surface area contributed by atoms with Crippen molar-refractivity contribution in [2.75, 3.05) is 53.9 Å². The second-order valence-corrected chi connectivity index (χ2v) is 7.09. The fraction of sp³-hybridized carbons (Fsp3) is 0.650. The van der Waals surface area contributed by atoms with Crippen LogP contribution in [0.2, 0.25) is 0 Å². The summed E-state index contributed by atoms with van der Waals surface area (Å²) in [7, 11) is 6.13. The number of guanidine groups is 1. The summed E-state index contributed by atoms with van der Waals surface area (Å²) in [6.07, 6.45) is 5.11. The Morgan fingerprint density at radius 1 is 1.12 bits per heavy atom. The van der Waals surface area contributed by atoms with Crippen LogP contribution in [0.15, 0.2) is 35.3 Å². The zero-order valence-corrected chi connectivity index (χ0v) is 16.2. The van der Waals surface area contributed by atoms with Gasteiger partial charge in [0.1, 0.15) is 0 Å². The van der Waals surface area contributed by atoms with E-state index in [4.69, 9.17) is 0 Å². The first-order valence-electron chi connectivity index (χ1n) is 9.56. The minimum Gasteiger partial charge on any atom is -0.355 e. The predicted octanol–water partition coefficient (Wildman–Crippen LogP) is 1.81. The van der Waals surface area contributed by atoms with Gasteiger partial charge in [0.2, 0.25) is 0 Å². The third-order valence-electron chi connectivity index (χ3n) is 4.94. The molecular formula is C20H35N5. The smallest absolute Gasteiger partial charge is 0.191 e. The minimum atomic E-state index is 0.433. The van der Waals surface area contributed by atoms with Gasteiger partial charge in [0.25, 0.3) is 0 Å². The molecule has 0 aromatic heterocycles. The van der Waals surface area contributed by atoms with Crippen LogP contribution in [-0.2, 0) is 6.42 Å². The average Bonchev–Trinajstić information content (AvgIpc) is 2.65. The molecule has 140 valence electrons. The highest BCUT2D eigenvalue weighted by atomic mass is 15.2. The molecule has 1 aliphatic rings. The molecule has 0 amide bonds. The van der Waals surface area contributed by atoms with E-state index in [1.165, 1.54) is 37.9 Å². The molecule has 1 aromatic rings. The van der Waals surface area contributed by atoms with E-state index in [0.717, 1.165) is 32.0 Å². The van der Waals surface area contributed by atoms with Gasteiger partial charge in [-0.25, -0.2) is 0 Å². The Balaban J connectivity index is 1.73. The van der Waals surface area contributed by atoms with Crippen LogP contribution in [0.25, 0.3) is 0 Å². The highest BCUT2D eigenvalue weighted by molar-refractivity contribution is 5.79. The Morgan fingerprint density at radius 3 is 2.48 bits per heavy atom. The average molecular weight is 346 g/mol. The standard InChI is InChI=1S/C20H35N5/c1-21-20(22-12-15-25-13-8-5-9-14-25)23-17-19(24(2)3)16-18-10-6-4-7-11-18/h4,6-7,10-11,19H,5,8-9,12-17H2,1-3H3,(H2,21,22,23). The molecule has 1 unspecified atom stereocenters. The second-order valence-electron chi connectivity index (χ2n) is 7.09. The Kier molecular flexibility index (Phi) is 8.77. The highest BCUT2D eigenvalue weighted by Crippen LogP contribution is 2.07. The van der Waals surface area contributed by atoms with Gasteiger partial charge in [-0.2, -0.15) is 0 Å². The van der Waals surface area contributed by atoms with Gasteiger partial charge in [-0.05, 0) is 52.0 Å². The summed E-state index contributed by atoms with van der Waals surface area (Å²) < 4.78 is 0. The topological polar surface area (TPSA) is 42.9 Å². The van der Waals surface area contributed by atoms with Crippen LogP contribution in [-0.4, -0.2) is 75.7 Å². The van der Waals surface area contributed by atoms with Gasteiger partial charge in [-0.1, -0.05) is 36.8 Å². The van der Waals surface area contributed by atoms with E-state index in [0.29, 0.717) is 6.04 Å². The molecule has 0 aliphatic carbocycles. The Bertz CT molecular complexity index is 494. The van der Waals surface area contributed by atoms with Crippen molar-refractivity contribution in [3.05, 3.63) is 35.9 Å². The fourth-order valence-corrected chi connectivity index (χ4v) is 3.27. The number of rotatable bonds is 8. The minimum absolute atomic E-state index is 0.433. The monoisotopic (exact) mass is 345 g/mol. The highest BCUT2D eigenvalue weighted by Gasteiger charge is 2.13. The molecule has 0 radical (unpaired) electrons. The molecule has 1 atom stereocenters. The lowest BCUT2D eigenvalue weighted by Gasteiger charge is -2.27. The molecule has 1 heterocycles. The van der Waals surface area contributed by atoms with Crippen molar-refractivity contribution < 1.29 is 0 Å². The maximum atomic E-state index is 4.37. The molecular weight excluding hydrogens is 310 g/mol. The van der Waals surface area contributed by atoms with Crippen LogP contribution in [0.1, 0.15) is 24.8 Å². The first-order chi connectivity index (χ1) is 12.2. The number of piperidine rings is 1. The third-order valence-corrected chi connectivity index (χ3v) is 4.94. The van der Waals surface area contributed by atoms with Crippen LogP contribution in [0.5, 0.6) is 0 Å². The SMILES string of the molecule is CN=C(NCCN1CCCCC1)NCC(Cc1ccccc1)N(C)C. The number of benzene rings is 1. The number of hydrogen-bond donors (Lipinski definition) is 2. The van der Waals surface area contributed by atoms with Crippen LogP contribution in [0, 0.1) is 0 Å². The molecule has 1 fully saturated rings. The zero-order valence-electron chi connectivity index (χ0n) is 16.2. The maximum absolute atomic E-state index is 4.37. The van der Waals surface area contributed by atoms with E-state index in [-0.39, 0.29) is 0 Å². The van der Waals surface area contributed by atoms with Gasteiger partial charge < -0.3 is 20.4 Å². The van der Waals surface area contributed by atoms with Crippen LogP contribution < -0.4 is 10.6 Å². The Labute approximate surface area is 153 Å². The molecule has 1 aliphatic heterocycles. The Hall–Kier alpha value is -1.59. The van der Waals surface area contributed by atoms with Crippen LogP contribution >= 0.6 is 0 Å². The normalized spacial score (nSPS) is 17.5. The van der Waals surface area contributed by atoms with E-state index in [9.17, 15) is 0 Å². The lowest BCUT2D eigenvalue weighted by molar-refractivity contribution is 0.232. The first kappa shape index (κ1) is 19.7. The number of likely N-dealkylation sites (tertiary alicyclic amines) is 1. The molecule has 5 nitrogen and oxygen atoms in total. The van der Waals surface area contributed by atoms with Gasteiger partial charge in [0.05, 0.1) is 0 Å². The van der Waals surface area contributed by atoms with Gasteiger partial charge >= 0.3 is 0 Å². The largest absolute Gasteiger partial charge is 0.355 e. The third kappa shape index (κ3) is 7.45. The summed E-state index contributed by atoms with van der Waals surface area (Å²) in [5.74, 6) is 0.900. The van der Waals surface area contributed by atoms with Gasteiger partial charge in [-0.3, -0.25) is 4.99 Å². The van der Waals surface area contributed by atoms with Crippen molar-refractivity contribution in [3.63, 3.8) is 0 Å². The van der Waals surface area contributed by atoms with Crippen molar-refractivity contribution in [2.45, 2.75) is 31.7 Å². The van der Waals surface area contributed by atoms with E-state index in [2.05, 4.69) is 69.9 Å². The van der Waals surface area contributed by atoms with Crippen molar-refractivity contribution in [3.8, 4) is 0 Å². The molecule has 0 saturated carbocycles. The molecule has 25 heavy (non-hydrogen) atoms.